The van der Waals surface area contributed by atoms with Crippen LogP contribution in [0.25, 0.3) is 10.8 Å². The van der Waals surface area contributed by atoms with E-state index in [1.54, 1.807) is 0 Å². The lowest BCUT2D eigenvalue weighted by Gasteiger charge is -2.05. The van der Waals surface area contributed by atoms with Crippen molar-refractivity contribution in [2.75, 3.05) is 12.3 Å². The van der Waals surface area contributed by atoms with Gasteiger partial charge in [0.05, 0.1) is 6.54 Å². The molecule has 0 aromatic heterocycles. The smallest absolute Gasteiger partial charge is 0.185 e. The van der Waals surface area contributed by atoms with Gasteiger partial charge in [0.1, 0.15) is 0 Å². The van der Waals surface area contributed by atoms with E-state index >= 15 is 0 Å². The third-order valence-electron chi connectivity index (χ3n) is 2.67. The van der Waals surface area contributed by atoms with Gasteiger partial charge in [-0.3, -0.25) is 4.99 Å². The molecule has 0 aliphatic heterocycles. The molecule has 0 saturated carbocycles. The molecule has 2 rings (SSSR count). The lowest BCUT2D eigenvalue weighted by Crippen LogP contribution is -2.23. The highest BCUT2D eigenvalue weighted by Crippen LogP contribution is 2.22. The fourth-order valence-corrected chi connectivity index (χ4v) is 2.68. The topological polar surface area (TPSA) is 64.4 Å². The normalized spacial score (nSPS) is 10.4. The van der Waals surface area contributed by atoms with Crippen LogP contribution in [0.1, 0.15) is 5.56 Å². The fourth-order valence-electron chi connectivity index (χ4n) is 1.84. The van der Waals surface area contributed by atoms with Crippen LogP contribution in [0, 0.1) is 0 Å². The second-order valence-electron chi connectivity index (χ2n) is 4.00. The van der Waals surface area contributed by atoms with Gasteiger partial charge in [0, 0.05) is 11.5 Å². The molecular weight excluding hydrogens is 242 g/mol. The Bertz CT molecular complexity index is 542. The second kappa shape index (κ2) is 6.31. The van der Waals surface area contributed by atoms with Crippen molar-refractivity contribution in [2.24, 2.45) is 16.5 Å². The predicted molar refractivity (Wildman–Crippen MR) is 80.8 cm³/mol. The molecule has 3 nitrogen and oxygen atoms in total. The van der Waals surface area contributed by atoms with Crippen molar-refractivity contribution >= 4 is 28.5 Å². The van der Waals surface area contributed by atoms with Crippen molar-refractivity contribution in [3.63, 3.8) is 0 Å². The number of benzene rings is 2. The Morgan fingerprint density at radius 3 is 2.67 bits per heavy atom. The molecule has 94 valence electrons. The third kappa shape index (κ3) is 3.40. The van der Waals surface area contributed by atoms with Gasteiger partial charge in [-0.15, -0.1) is 0 Å². The number of rotatable bonds is 5. The number of thioether (sulfide) groups is 1. The summed E-state index contributed by atoms with van der Waals surface area (Å²) in [7, 11) is 0. The van der Waals surface area contributed by atoms with Gasteiger partial charge >= 0.3 is 0 Å². The zero-order chi connectivity index (χ0) is 12.8. The van der Waals surface area contributed by atoms with Crippen molar-refractivity contribution in [1.82, 2.24) is 0 Å². The number of nitrogens with zero attached hydrogens (tertiary/aromatic N) is 1. The SMILES string of the molecule is NC(N)=NCCSCc1cccc2ccccc12. The van der Waals surface area contributed by atoms with Gasteiger partial charge in [-0.25, -0.2) is 0 Å². The average molecular weight is 259 g/mol. The lowest BCUT2D eigenvalue weighted by molar-refractivity contribution is 1.12. The summed E-state index contributed by atoms with van der Waals surface area (Å²) in [5.74, 6) is 2.09. The molecule has 0 radical (unpaired) electrons. The standard InChI is InChI=1S/C14H17N3S/c15-14(16)17-8-9-18-10-12-6-3-5-11-4-1-2-7-13(11)12/h1-7H,8-10H2,(H4,15,16,17). The van der Waals surface area contributed by atoms with Gasteiger partial charge in [-0.1, -0.05) is 42.5 Å². The third-order valence-corrected chi connectivity index (χ3v) is 3.65. The molecule has 2 aromatic carbocycles. The second-order valence-corrected chi connectivity index (χ2v) is 5.10. The van der Waals surface area contributed by atoms with Crippen LogP contribution >= 0.6 is 11.8 Å². The molecule has 0 bridgehead atoms. The molecule has 0 aliphatic carbocycles. The Kier molecular flexibility index (Phi) is 4.47. The number of hydrogen-bond donors (Lipinski definition) is 2. The van der Waals surface area contributed by atoms with E-state index in [0.717, 1.165) is 11.5 Å². The summed E-state index contributed by atoms with van der Waals surface area (Å²) in [4.78, 5) is 3.97. The Hall–Kier alpha value is -1.68. The largest absolute Gasteiger partial charge is 0.370 e. The van der Waals surface area contributed by atoms with Crippen molar-refractivity contribution in [3.8, 4) is 0 Å². The van der Waals surface area contributed by atoms with E-state index in [2.05, 4.69) is 47.5 Å². The molecule has 0 unspecified atom stereocenters. The van der Waals surface area contributed by atoms with Gasteiger partial charge < -0.3 is 11.5 Å². The number of guanidine groups is 1. The summed E-state index contributed by atoms with van der Waals surface area (Å²) in [6.07, 6.45) is 0. The quantitative estimate of drug-likeness (QED) is 0.492. The molecule has 0 heterocycles. The van der Waals surface area contributed by atoms with Gasteiger partial charge in [0.25, 0.3) is 0 Å². The highest BCUT2D eigenvalue weighted by Gasteiger charge is 1.99. The van der Waals surface area contributed by atoms with E-state index < -0.39 is 0 Å². The van der Waals surface area contributed by atoms with Crippen molar-refractivity contribution in [1.29, 1.82) is 0 Å². The van der Waals surface area contributed by atoms with Gasteiger partial charge in [0.15, 0.2) is 5.96 Å². The summed E-state index contributed by atoms with van der Waals surface area (Å²) < 4.78 is 0. The van der Waals surface area contributed by atoms with Crippen LogP contribution in [-0.4, -0.2) is 18.3 Å². The first kappa shape index (κ1) is 12.8. The molecule has 4 heteroatoms. The molecule has 2 aromatic rings. The molecule has 0 saturated heterocycles. The zero-order valence-electron chi connectivity index (χ0n) is 10.2. The molecule has 18 heavy (non-hydrogen) atoms. The first-order valence-electron chi connectivity index (χ1n) is 5.87. The summed E-state index contributed by atoms with van der Waals surface area (Å²) in [5.41, 5.74) is 11.9. The average Bonchev–Trinajstić information content (AvgIpc) is 2.38. The first-order valence-corrected chi connectivity index (χ1v) is 7.02. The van der Waals surface area contributed by atoms with E-state index in [1.807, 2.05) is 11.8 Å². The van der Waals surface area contributed by atoms with E-state index in [0.29, 0.717) is 6.54 Å². The fraction of sp³-hybridized carbons (Fsp3) is 0.214. The van der Waals surface area contributed by atoms with E-state index in [-0.39, 0.29) is 5.96 Å². The van der Waals surface area contributed by atoms with Gasteiger partial charge in [0.2, 0.25) is 0 Å². The lowest BCUT2D eigenvalue weighted by atomic mass is 10.1. The predicted octanol–water partition coefficient (Wildman–Crippen LogP) is 2.35. The molecular formula is C14H17N3S. The highest BCUT2D eigenvalue weighted by molar-refractivity contribution is 7.98. The summed E-state index contributed by atoms with van der Waals surface area (Å²) in [5, 5.41) is 2.62. The maximum absolute atomic E-state index is 5.28. The highest BCUT2D eigenvalue weighted by atomic mass is 32.2. The maximum atomic E-state index is 5.28. The monoisotopic (exact) mass is 259 g/mol. The van der Waals surface area contributed by atoms with Gasteiger partial charge in [-0.05, 0) is 16.3 Å². The Morgan fingerprint density at radius 2 is 1.83 bits per heavy atom. The van der Waals surface area contributed by atoms with Crippen molar-refractivity contribution in [3.05, 3.63) is 48.0 Å². The minimum Gasteiger partial charge on any atom is -0.370 e. The number of aliphatic imine (C=N–C) groups is 1. The minimum absolute atomic E-state index is 0.167. The van der Waals surface area contributed by atoms with Crippen LogP contribution < -0.4 is 11.5 Å². The minimum atomic E-state index is 0.167. The van der Waals surface area contributed by atoms with Crippen LogP contribution in [0.2, 0.25) is 0 Å². The number of nitrogens with two attached hydrogens (primary N) is 2. The zero-order valence-corrected chi connectivity index (χ0v) is 11.0. The molecule has 0 aliphatic rings. The Labute approximate surface area is 111 Å². The van der Waals surface area contributed by atoms with Gasteiger partial charge in [-0.2, -0.15) is 11.8 Å². The number of hydrogen-bond acceptors (Lipinski definition) is 2. The maximum Gasteiger partial charge on any atom is 0.185 e. The van der Waals surface area contributed by atoms with E-state index in [9.17, 15) is 0 Å². The van der Waals surface area contributed by atoms with Crippen LogP contribution in [0.4, 0.5) is 0 Å². The van der Waals surface area contributed by atoms with Crippen molar-refractivity contribution < 1.29 is 0 Å². The molecule has 0 fully saturated rings. The van der Waals surface area contributed by atoms with Crippen LogP contribution in [0.5, 0.6) is 0 Å². The van der Waals surface area contributed by atoms with E-state index in [1.165, 1.54) is 16.3 Å². The Morgan fingerprint density at radius 1 is 1.06 bits per heavy atom. The Balaban J connectivity index is 1.97. The van der Waals surface area contributed by atoms with Crippen LogP contribution in [0.3, 0.4) is 0 Å². The van der Waals surface area contributed by atoms with E-state index in [4.69, 9.17) is 11.5 Å². The summed E-state index contributed by atoms with van der Waals surface area (Å²) in [6, 6.07) is 14.9. The van der Waals surface area contributed by atoms with Crippen LogP contribution in [-0.2, 0) is 5.75 Å². The molecule has 0 atom stereocenters. The molecule has 0 spiro atoms. The summed E-state index contributed by atoms with van der Waals surface area (Å²) >= 11 is 1.84. The first-order chi connectivity index (χ1) is 8.77. The summed E-state index contributed by atoms with van der Waals surface area (Å²) in [6.45, 7) is 0.678. The molecule has 4 N–H and O–H groups in total. The number of fused-ring (bicyclic) bond motifs is 1. The van der Waals surface area contributed by atoms with Crippen molar-refractivity contribution in [2.45, 2.75) is 5.75 Å². The molecule has 0 amide bonds. The van der Waals surface area contributed by atoms with Crippen LogP contribution in [0.15, 0.2) is 47.5 Å².